The molecule has 3 aromatic rings. The maximum absolute atomic E-state index is 12.4. The third kappa shape index (κ3) is 6.29. The van der Waals surface area contributed by atoms with Crippen LogP contribution in [-0.2, 0) is 17.9 Å². The summed E-state index contributed by atoms with van der Waals surface area (Å²) in [5.74, 6) is 1.33. The zero-order valence-electron chi connectivity index (χ0n) is 16.6. The average molecular weight is 408 g/mol. The van der Waals surface area contributed by atoms with Gasteiger partial charge in [0, 0.05) is 11.4 Å². The van der Waals surface area contributed by atoms with Crippen molar-refractivity contribution < 1.29 is 14.3 Å². The van der Waals surface area contributed by atoms with Gasteiger partial charge in [0.15, 0.2) is 11.5 Å². The molecular weight excluding hydrogens is 382 g/mol. The van der Waals surface area contributed by atoms with Gasteiger partial charge in [-0.3, -0.25) is 4.79 Å². The summed E-state index contributed by atoms with van der Waals surface area (Å²) >= 11 is 1.54. The summed E-state index contributed by atoms with van der Waals surface area (Å²) in [5.41, 5.74) is 2.05. The first-order valence-electron chi connectivity index (χ1n) is 9.49. The highest BCUT2D eigenvalue weighted by molar-refractivity contribution is 8.00. The van der Waals surface area contributed by atoms with Crippen molar-refractivity contribution in [2.75, 3.05) is 7.11 Å². The lowest BCUT2D eigenvalue weighted by Gasteiger charge is -2.14. The van der Waals surface area contributed by atoms with Crippen LogP contribution in [0.5, 0.6) is 11.5 Å². The van der Waals surface area contributed by atoms with Crippen molar-refractivity contribution >= 4 is 17.7 Å². The molecule has 1 unspecified atom stereocenters. The van der Waals surface area contributed by atoms with Crippen molar-refractivity contribution in [1.82, 2.24) is 5.32 Å². The van der Waals surface area contributed by atoms with Crippen molar-refractivity contribution in [3.8, 4) is 11.5 Å². The molecule has 0 fully saturated rings. The van der Waals surface area contributed by atoms with E-state index in [4.69, 9.17) is 9.47 Å². The smallest absolute Gasteiger partial charge is 0.233 e. The van der Waals surface area contributed by atoms with Crippen molar-refractivity contribution in [1.29, 1.82) is 0 Å². The number of methoxy groups -OCH3 is 1. The van der Waals surface area contributed by atoms with Gasteiger partial charge in [-0.2, -0.15) is 0 Å². The number of rotatable bonds is 9. The molecular formula is C24H25NO3S. The van der Waals surface area contributed by atoms with Crippen LogP contribution in [0.1, 0.15) is 18.1 Å². The Balaban J connectivity index is 1.54. The highest BCUT2D eigenvalue weighted by Gasteiger charge is 2.14. The first kappa shape index (κ1) is 20.8. The van der Waals surface area contributed by atoms with Gasteiger partial charge < -0.3 is 14.8 Å². The van der Waals surface area contributed by atoms with Crippen LogP contribution in [-0.4, -0.2) is 18.3 Å². The normalized spacial score (nSPS) is 11.5. The average Bonchev–Trinajstić information content (AvgIpc) is 2.77. The number of nitrogens with one attached hydrogen (secondary N) is 1. The van der Waals surface area contributed by atoms with E-state index in [0.29, 0.717) is 24.7 Å². The fourth-order valence-electron chi connectivity index (χ4n) is 2.77. The van der Waals surface area contributed by atoms with Crippen LogP contribution >= 0.6 is 11.8 Å². The number of hydrogen-bond donors (Lipinski definition) is 1. The highest BCUT2D eigenvalue weighted by atomic mass is 32.2. The molecule has 4 nitrogen and oxygen atoms in total. The minimum Gasteiger partial charge on any atom is -0.493 e. The summed E-state index contributed by atoms with van der Waals surface area (Å²) in [6.45, 7) is 2.82. The number of ether oxygens (including phenoxy) is 2. The molecule has 29 heavy (non-hydrogen) atoms. The van der Waals surface area contributed by atoms with Gasteiger partial charge in [-0.05, 0) is 42.3 Å². The molecule has 3 aromatic carbocycles. The van der Waals surface area contributed by atoms with Gasteiger partial charge in [-0.15, -0.1) is 11.8 Å². The Kier molecular flexibility index (Phi) is 7.59. The maximum atomic E-state index is 12.4. The van der Waals surface area contributed by atoms with E-state index in [1.54, 1.807) is 18.9 Å². The molecule has 0 saturated carbocycles. The fraction of sp³-hybridized carbons (Fsp3) is 0.208. The molecule has 0 spiro atoms. The van der Waals surface area contributed by atoms with Crippen LogP contribution < -0.4 is 14.8 Å². The van der Waals surface area contributed by atoms with Crippen molar-refractivity contribution in [3.05, 3.63) is 90.0 Å². The quantitative estimate of drug-likeness (QED) is 0.503. The van der Waals surface area contributed by atoms with Gasteiger partial charge in [-0.25, -0.2) is 0 Å². The third-order valence-electron chi connectivity index (χ3n) is 4.36. The minimum atomic E-state index is -0.173. The van der Waals surface area contributed by atoms with Crippen LogP contribution in [0.2, 0.25) is 0 Å². The van der Waals surface area contributed by atoms with Gasteiger partial charge >= 0.3 is 0 Å². The molecule has 0 aromatic heterocycles. The highest BCUT2D eigenvalue weighted by Crippen LogP contribution is 2.29. The van der Waals surface area contributed by atoms with Gasteiger partial charge in [0.25, 0.3) is 0 Å². The molecule has 1 N–H and O–H groups in total. The molecule has 3 rings (SSSR count). The molecule has 1 atom stereocenters. The molecule has 0 aliphatic heterocycles. The number of amides is 1. The van der Waals surface area contributed by atoms with E-state index in [9.17, 15) is 4.79 Å². The van der Waals surface area contributed by atoms with E-state index < -0.39 is 0 Å². The fourth-order valence-corrected chi connectivity index (χ4v) is 3.68. The van der Waals surface area contributed by atoms with E-state index in [-0.39, 0.29) is 11.2 Å². The Morgan fingerprint density at radius 3 is 2.31 bits per heavy atom. The lowest BCUT2D eigenvalue weighted by Crippen LogP contribution is -2.30. The van der Waals surface area contributed by atoms with Crippen LogP contribution in [0.4, 0.5) is 0 Å². The first-order valence-corrected chi connectivity index (χ1v) is 10.4. The topological polar surface area (TPSA) is 47.6 Å². The largest absolute Gasteiger partial charge is 0.493 e. The molecule has 0 aliphatic carbocycles. The summed E-state index contributed by atoms with van der Waals surface area (Å²) in [7, 11) is 1.62. The number of carbonyl (C=O) groups excluding carboxylic acids is 1. The Bertz CT molecular complexity index is 916. The predicted octanol–water partition coefficient (Wildman–Crippen LogP) is 5.07. The zero-order valence-corrected chi connectivity index (χ0v) is 17.4. The standard InChI is InChI=1S/C24H25NO3S/c1-18(29-21-11-7-4-8-12-21)24(26)25-16-20-13-14-22(23(15-20)27-2)28-17-19-9-5-3-6-10-19/h3-15,18H,16-17H2,1-2H3,(H,25,26). The second-order valence-corrected chi connectivity index (χ2v) is 7.96. The van der Waals surface area contributed by atoms with E-state index >= 15 is 0 Å². The van der Waals surface area contributed by atoms with Crippen molar-refractivity contribution in [3.63, 3.8) is 0 Å². The van der Waals surface area contributed by atoms with Crippen LogP contribution in [0, 0.1) is 0 Å². The Morgan fingerprint density at radius 1 is 0.931 bits per heavy atom. The van der Waals surface area contributed by atoms with E-state index in [1.807, 2.05) is 85.8 Å². The van der Waals surface area contributed by atoms with Crippen LogP contribution in [0.3, 0.4) is 0 Å². The van der Waals surface area contributed by atoms with Gasteiger partial charge in [0.1, 0.15) is 6.61 Å². The summed E-state index contributed by atoms with van der Waals surface area (Å²) in [5, 5.41) is 2.82. The summed E-state index contributed by atoms with van der Waals surface area (Å²) < 4.78 is 11.3. The second kappa shape index (κ2) is 10.6. The lowest BCUT2D eigenvalue weighted by molar-refractivity contribution is -0.120. The van der Waals surface area contributed by atoms with Crippen LogP contribution in [0.15, 0.2) is 83.8 Å². The summed E-state index contributed by atoms with van der Waals surface area (Å²) in [6, 6.07) is 25.6. The molecule has 0 aliphatic rings. The molecule has 0 saturated heterocycles. The Morgan fingerprint density at radius 2 is 1.62 bits per heavy atom. The second-order valence-electron chi connectivity index (χ2n) is 6.55. The van der Waals surface area contributed by atoms with Gasteiger partial charge in [-0.1, -0.05) is 54.6 Å². The SMILES string of the molecule is COc1cc(CNC(=O)C(C)Sc2ccccc2)ccc1OCc1ccccc1. The van der Waals surface area contributed by atoms with E-state index in [0.717, 1.165) is 16.0 Å². The van der Waals surface area contributed by atoms with Gasteiger partial charge in [0.2, 0.25) is 5.91 Å². The summed E-state index contributed by atoms with van der Waals surface area (Å²) in [4.78, 5) is 13.5. The van der Waals surface area contributed by atoms with E-state index in [1.165, 1.54) is 0 Å². The molecule has 0 bridgehead atoms. The number of hydrogen-bond acceptors (Lipinski definition) is 4. The molecule has 150 valence electrons. The Hall–Kier alpha value is -2.92. The summed E-state index contributed by atoms with van der Waals surface area (Å²) in [6.07, 6.45) is 0. The Labute approximate surface area is 176 Å². The van der Waals surface area contributed by atoms with Gasteiger partial charge in [0.05, 0.1) is 12.4 Å². The lowest BCUT2D eigenvalue weighted by atomic mass is 10.2. The van der Waals surface area contributed by atoms with Crippen molar-refractivity contribution in [2.24, 2.45) is 0 Å². The molecule has 5 heteroatoms. The molecule has 1 amide bonds. The first-order chi connectivity index (χ1) is 14.2. The number of benzene rings is 3. The molecule has 0 radical (unpaired) electrons. The van der Waals surface area contributed by atoms with Crippen molar-refractivity contribution in [2.45, 2.75) is 30.2 Å². The maximum Gasteiger partial charge on any atom is 0.233 e. The molecule has 0 heterocycles. The zero-order chi connectivity index (χ0) is 20.5. The monoisotopic (exact) mass is 407 g/mol. The number of thioether (sulfide) groups is 1. The minimum absolute atomic E-state index is 0.00206. The third-order valence-corrected chi connectivity index (χ3v) is 5.47. The van der Waals surface area contributed by atoms with E-state index in [2.05, 4.69) is 5.32 Å². The predicted molar refractivity (Wildman–Crippen MR) is 117 cm³/mol. The van der Waals surface area contributed by atoms with Crippen LogP contribution in [0.25, 0.3) is 0 Å². The number of carbonyl (C=O) groups is 1.